The van der Waals surface area contributed by atoms with E-state index in [-0.39, 0.29) is 17.3 Å². The van der Waals surface area contributed by atoms with Crippen LogP contribution in [0.25, 0.3) is 28.1 Å². The Balaban J connectivity index is 1.38. The van der Waals surface area contributed by atoms with Crippen LogP contribution in [-0.4, -0.2) is 44.8 Å². The molecule has 0 atom stereocenters. The van der Waals surface area contributed by atoms with Crippen LogP contribution in [-0.2, 0) is 11.2 Å². The summed E-state index contributed by atoms with van der Waals surface area (Å²) >= 11 is 6.67. The molecule has 2 heterocycles. The number of nitrogens with zero attached hydrogens (tertiary/aromatic N) is 1. The summed E-state index contributed by atoms with van der Waals surface area (Å²) in [6, 6.07) is 16.9. The van der Waals surface area contributed by atoms with Gasteiger partial charge in [0.2, 0.25) is 0 Å². The zero-order valence-corrected chi connectivity index (χ0v) is 21.3. The molecule has 1 saturated heterocycles. The van der Waals surface area contributed by atoms with E-state index >= 15 is 0 Å². The minimum atomic E-state index is -0.983. The maximum Gasteiger partial charge on any atom is 0.335 e. The molecule has 186 valence electrons. The van der Waals surface area contributed by atoms with Crippen LogP contribution in [0.15, 0.2) is 71.8 Å². The van der Waals surface area contributed by atoms with E-state index in [0.29, 0.717) is 44.6 Å². The maximum atomic E-state index is 15.0. The molecule has 37 heavy (non-hydrogen) atoms. The number of aromatic amines is 1. The fourth-order valence-electron chi connectivity index (χ4n) is 4.20. The summed E-state index contributed by atoms with van der Waals surface area (Å²) in [4.78, 5) is 29.3. The van der Waals surface area contributed by atoms with Gasteiger partial charge in [0.05, 0.1) is 17.6 Å². The number of H-pyrrole nitrogens is 1. The van der Waals surface area contributed by atoms with Gasteiger partial charge in [-0.2, -0.15) is 0 Å². The molecule has 3 aromatic carbocycles. The monoisotopic (exact) mass is 532 g/mol. The number of methoxy groups -OCH3 is 1. The van der Waals surface area contributed by atoms with Gasteiger partial charge in [0, 0.05) is 34.8 Å². The van der Waals surface area contributed by atoms with Crippen molar-refractivity contribution in [1.29, 1.82) is 0 Å². The van der Waals surface area contributed by atoms with E-state index in [1.54, 1.807) is 59.6 Å². The lowest BCUT2D eigenvalue weighted by molar-refractivity contribution is -0.122. The number of carboxylic acid groups (broad SMARTS) is 1. The molecule has 0 bridgehead atoms. The first kappa shape index (κ1) is 24.7. The third-order valence-corrected chi connectivity index (χ3v) is 7.53. The number of amides is 1. The van der Waals surface area contributed by atoms with E-state index in [0.717, 1.165) is 16.5 Å². The van der Waals surface area contributed by atoms with Gasteiger partial charge in [-0.15, -0.1) is 0 Å². The normalized spacial score (nSPS) is 14.6. The number of hydrogen-bond acceptors (Lipinski definition) is 5. The number of halogens is 1. The summed E-state index contributed by atoms with van der Waals surface area (Å²) in [6.07, 6.45) is 4.04. The van der Waals surface area contributed by atoms with E-state index < -0.39 is 5.97 Å². The molecule has 1 fully saturated rings. The van der Waals surface area contributed by atoms with Crippen molar-refractivity contribution in [3.63, 3.8) is 0 Å². The summed E-state index contributed by atoms with van der Waals surface area (Å²) in [7, 11) is 1.53. The van der Waals surface area contributed by atoms with Crippen LogP contribution in [0, 0.1) is 5.82 Å². The molecule has 2 N–H and O–H groups in total. The molecule has 0 unspecified atom stereocenters. The molecule has 0 aliphatic carbocycles. The maximum absolute atomic E-state index is 15.0. The van der Waals surface area contributed by atoms with Gasteiger partial charge in [0.1, 0.15) is 15.9 Å². The molecule has 1 amide bonds. The molecule has 1 aliphatic heterocycles. The third-order valence-electron chi connectivity index (χ3n) is 6.15. The quantitative estimate of drug-likeness (QED) is 0.220. The number of thioether (sulfide) groups is 1. The molecule has 4 aromatic rings. The molecule has 9 heteroatoms. The van der Waals surface area contributed by atoms with Gasteiger partial charge in [-0.05, 0) is 66.1 Å². The topological polar surface area (TPSA) is 82.6 Å². The van der Waals surface area contributed by atoms with Crippen LogP contribution < -0.4 is 4.74 Å². The number of hydrogen-bond donors (Lipinski definition) is 2. The van der Waals surface area contributed by atoms with Crippen LogP contribution in [0.5, 0.6) is 5.75 Å². The number of benzene rings is 3. The minimum Gasteiger partial charge on any atom is -0.496 e. The SMILES string of the molecule is COc1ccc(/C=C2\SC(=S)N(CCc3ccc(C(=O)O)cc3)C2=O)cc1-c1cc2[nH]ccc2cc1F. The number of ether oxygens (including phenoxy) is 1. The van der Waals surface area contributed by atoms with Crippen molar-refractivity contribution < 1.29 is 23.8 Å². The highest BCUT2D eigenvalue weighted by atomic mass is 32.2. The average Bonchev–Trinajstić information content (AvgIpc) is 3.45. The number of fused-ring (bicyclic) bond motifs is 1. The third kappa shape index (κ3) is 5.00. The first-order chi connectivity index (χ1) is 17.8. The Morgan fingerprint density at radius 1 is 1.14 bits per heavy atom. The standard InChI is InChI=1S/C28H21FN2O4S2/c1-35-24-7-4-17(12-21(24)20-15-23-19(8-10-30-23)14-22(20)29)13-25-26(32)31(28(36)37-25)11-9-16-2-5-18(6-3-16)27(33)34/h2-8,10,12-15,30H,9,11H2,1H3,(H,33,34)/b25-13-. The first-order valence-electron chi connectivity index (χ1n) is 11.4. The van der Waals surface area contributed by atoms with E-state index in [1.165, 1.54) is 24.9 Å². The average molecular weight is 533 g/mol. The van der Waals surface area contributed by atoms with Gasteiger partial charge < -0.3 is 14.8 Å². The van der Waals surface area contributed by atoms with E-state index in [4.69, 9.17) is 22.1 Å². The van der Waals surface area contributed by atoms with Gasteiger partial charge in [0.25, 0.3) is 5.91 Å². The molecular formula is C28H21FN2O4S2. The number of carbonyl (C=O) groups excluding carboxylic acids is 1. The van der Waals surface area contributed by atoms with Crippen molar-refractivity contribution in [2.45, 2.75) is 6.42 Å². The lowest BCUT2D eigenvalue weighted by atomic mass is 10.00. The summed E-state index contributed by atoms with van der Waals surface area (Å²) in [5.74, 6) is -1.04. The fourth-order valence-corrected chi connectivity index (χ4v) is 5.51. The Bertz CT molecular complexity index is 1580. The molecule has 0 saturated carbocycles. The number of nitrogens with one attached hydrogen (secondary N) is 1. The predicted octanol–water partition coefficient (Wildman–Crippen LogP) is 6.12. The molecule has 5 rings (SSSR count). The highest BCUT2D eigenvalue weighted by Crippen LogP contribution is 2.37. The Morgan fingerprint density at radius 2 is 1.92 bits per heavy atom. The molecular weight excluding hydrogens is 511 g/mol. The molecule has 1 aliphatic rings. The van der Waals surface area contributed by atoms with Crippen molar-refractivity contribution in [2.75, 3.05) is 13.7 Å². The van der Waals surface area contributed by atoms with Crippen LogP contribution in [0.2, 0.25) is 0 Å². The van der Waals surface area contributed by atoms with Crippen LogP contribution in [0.1, 0.15) is 21.5 Å². The number of rotatable bonds is 7. The van der Waals surface area contributed by atoms with Crippen LogP contribution in [0.4, 0.5) is 4.39 Å². The Kier molecular flexibility index (Phi) is 6.82. The van der Waals surface area contributed by atoms with E-state index in [1.807, 2.05) is 12.1 Å². The Hall–Kier alpha value is -3.95. The van der Waals surface area contributed by atoms with Gasteiger partial charge in [-0.1, -0.05) is 42.2 Å². The van der Waals surface area contributed by atoms with Crippen molar-refractivity contribution >= 4 is 57.2 Å². The summed E-state index contributed by atoms with van der Waals surface area (Å²) < 4.78 is 20.9. The predicted molar refractivity (Wildman–Crippen MR) is 147 cm³/mol. The minimum absolute atomic E-state index is 0.200. The second-order valence-electron chi connectivity index (χ2n) is 8.44. The summed E-state index contributed by atoms with van der Waals surface area (Å²) in [5, 5.41) is 9.83. The zero-order valence-electron chi connectivity index (χ0n) is 19.7. The van der Waals surface area contributed by atoms with Crippen molar-refractivity contribution in [3.05, 3.63) is 94.3 Å². The van der Waals surface area contributed by atoms with Crippen LogP contribution in [0.3, 0.4) is 0 Å². The second-order valence-corrected chi connectivity index (χ2v) is 10.1. The van der Waals surface area contributed by atoms with Gasteiger partial charge in [0.15, 0.2) is 0 Å². The van der Waals surface area contributed by atoms with Gasteiger partial charge >= 0.3 is 5.97 Å². The molecule has 1 aromatic heterocycles. The van der Waals surface area contributed by atoms with Gasteiger partial charge in [-0.3, -0.25) is 9.69 Å². The number of thiocarbonyl (C=S) groups is 1. The fraction of sp³-hybridized carbons (Fsp3) is 0.107. The number of carboxylic acids is 1. The Morgan fingerprint density at radius 3 is 2.65 bits per heavy atom. The molecule has 0 radical (unpaired) electrons. The van der Waals surface area contributed by atoms with Crippen molar-refractivity contribution in [3.8, 4) is 16.9 Å². The van der Waals surface area contributed by atoms with E-state index in [9.17, 15) is 14.0 Å². The highest BCUT2D eigenvalue weighted by molar-refractivity contribution is 8.26. The Labute approximate surface area is 221 Å². The number of carbonyl (C=O) groups is 2. The summed E-state index contributed by atoms with van der Waals surface area (Å²) in [6.45, 7) is 0.379. The highest BCUT2D eigenvalue weighted by Gasteiger charge is 2.31. The number of aromatic carboxylic acids is 1. The van der Waals surface area contributed by atoms with Crippen LogP contribution >= 0.6 is 24.0 Å². The zero-order chi connectivity index (χ0) is 26.1. The second kappa shape index (κ2) is 10.2. The first-order valence-corrected chi connectivity index (χ1v) is 12.6. The lowest BCUT2D eigenvalue weighted by Crippen LogP contribution is -2.30. The molecule has 6 nitrogen and oxygen atoms in total. The van der Waals surface area contributed by atoms with Gasteiger partial charge in [-0.25, -0.2) is 9.18 Å². The largest absolute Gasteiger partial charge is 0.496 e. The smallest absolute Gasteiger partial charge is 0.335 e. The van der Waals surface area contributed by atoms with E-state index in [2.05, 4.69) is 4.98 Å². The number of aromatic nitrogens is 1. The lowest BCUT2D eigenvalue weighted by Gasteiger charge is -2.14. The van der Waals surface area contributed by atoms with Crippen molar-refractivity contribution in [2.24, 2.45) is 0 Å². The summed E-state index contributed by atoms with van der Waals surface area (Å²) in [5.41, 5.74) is 3.61. The molecule has 0 spiro atoms. The van der Waals surface area contributed by atoms with Crippen molar-refractivity contribution in [1.82, 2.24) is 9.88 Å².